The molecule has 6 heteroatoms. The molecule has 1 fully saturated rings. The van der Waals surface area contributed by atoms with Gasteiger partial charge in [0.1, 0.15) is 0 Å². The zero-order chi connectivity index (χ0) is 16.9. The van der Waals surface area contributed by atoms with Gasteiger partial charge in [0, 0.05) is 31.1 Å². The van der Waals surface area contributed by atoms with Crippen LogP contribution in [0, 0.1) is 0 Å². The van der Waals surface area contributed by atoms with Crippen LogP contribution in [0.1, 0.15) is 23.5 Å². The first-order valence-corrected chi connectivity index (χ1v) is 8.92. The number of benzene rings is 1. The fourth-order valence-electron chi connectivity index (χ4n) is 3.11. The second kappa shape index (κ2) is 7.57. The summed E-state index contributed by atoms with van der Waals surface area (Å²) in [6.45, 7) is 2.02. The van der Waals surface area contributed by atoms with Crippen molar-refractivity contribution >= 4 is 17.4 Å². The first-order chi connectivity index (χ1) is 11.7. The molecule has 128 valence electrons. The van der Waals surface area contributed by atoms with E-state index in [4.69, 9.17) is 9.47 Å². The first-order valence-electron chi connectivity index (χ1n) is 7.97. The lowest BCUT2D eigenvalue weighted by atomic mass is 9.97. The van der Waals surface area contributed by atoms with Gasteiger partial charge < -0.3 is 19.7 Å². The van der Waals surface area contributed by atoms with Crippen molar-refractivity contribution in [2.45, 2.75) is 18.9 Å². The minimum atomic E-state index is -0.00874. The van der Waals surface area contributed by atoms with Crippen LogP contribution >= 0.6 is 11.3 Å². The molecule has 0 radical (unpaired) electrons. The van der Waals surface area contributed by atoms with E-state index in [2.05, 4.69) is 11.4 Å². The second-order valence-corrected chi connectivity index (χ2v) is 6.58. The number of likely N-dealkylation sites (tertiary alicyclic amines) is 1. The van der Waals surface area contributed by atoms with Gasteiger partial charge in [0.15, 0.2) is 11.5 Å². The summed E-state index contributed by atoms with van der Waals surface area (Å²) in [6.07, 6.45) is 0.926. The van der Waals surface area contributed by atoms with Crippen LogP contribution in [-0.2, 0) is 6.54 Å². The maximum atomic E-state index is 12.4. The van der Waals surface area contributed by atoms with Gasteiger partial charge in [-0.2, -0.15) is 11.3 Å². The normalized spacial score (nSPS) is 16.9. The van der Waals surface area contributed by atoms with E-state index in [0.29, 0.717) is 13.1 Å². The zero-order valence-corrected chi connectivity index (χ0v) is 14.8. The lowest BCUT2D eigenvalue weighted by molar-refractivity contribution is 0.207. The van der Waals surface area contributed by atoms with Crippen molar-refractivity contribution in [3.8, 4) is 11.5 Å². The third kappa shape index (κ3) is 3.48. The average Bonchev–Trinajstić information content (AvgIpc) is 3.30. The quantitative estimate of drug-likeness (QED) is 0.902. The molecule has 0 unspecified atom stereocenters. The Morgan fingerprint density at radius 2 is 2.21 bits per heavy atom. The smallest absolute Gasteiger partial charge is 0.317 e. The molecule has 3 rings (SSSR count). The molecule has 24 heavy (non-hydrogen) atoms. The van der Waals surface area contributed by atoms with Crippen LogP contribution in [0.4, 0.5) is 4.79 Å². The van der Waals surface area contributed by atoms with Crippen LogP contribution in [0.25, 0.3) is 0 Å². The second-order valence-electron chi connectivity index (χ2n) is 5.80. The number of urea groups is 1. The summed E-state index contributed by atoms with van der Waals surface area (Å²) in [5, 5.41) is 7.05. The molecule has 1 aromatic carbocycles. The van der Waals surface area contributed by atoms with E-state index in [1.165, 1.54) is 0 Å². The number of methoxy groups -OCH3 is 2. The molecule has 0 spiro atoms. The van der Waals surface area contributed by atoms with Crippen LogP contribution < -0.4 is 14.8 Å². The molecule has 2 heterocycles. The van der Waals surface area contributed by atoms with Crippen molar-refractivity contribution in [3.63, 3.8) is 0 Å². The van der Waals surface area contributed by atoms with Gasteiger partial charge in [0.25, 0.3) is 0 Å². The van der Waals surface area contributed by atoms with Crippen molar-refractivity contribution in [3.05, 3.63) is 46.2 Å². The fourth-order valence-corrected chi connectivity index (χ4v) is 3.78. The molecule has 1 aromatic heterocycles. The molecule has 2 amide bonds. The van der Waals surface area contributed by atoms with Gasteiger partial charge in [-0.15, -0.1) is 0 Å². The van der Waals surface area contributed by atoms with Crippen molar-refractivity contribution in [1.29, 1.82) is 0 Å². The topological polar surface area (TPSA) is 50.8 Å². The van der Waals surface area contributed by atoms with E-state index in [9.17, 15) is 4.79 Å². The van der Waals surface area contributed by atoms with E-state index >= 15 is 0 Å². The minimum Gasteiger partial charge on any atom is -0.493 e. The maximum Gasteiger partial charge on any atom is 0.317 e. The fraction of sp³-hybridized carbons (Fsp3) is 0.389. The highest BCUT2D eigenvalue weighted by Crippen LogP contribution is 2.39. The van der Waals surface area contributed by atoms with Crippen molar-refractivity contribution in [2.24, 2.45) is 0 Å². The molecule has 0 saturated carbocycles. The molecular weight excluding hydrogens is 324 g/mol. The van der Waals surface area contributed by atoms with Crippen LogP contribution in [0.15, 0.2) is 35.0 Å². The number of hydrogen-bond donors (Lipinski definition) is 1. The molecule has 1 saturated heterocycles. The molecular formula is C18H22N2O3S. The van der Waals surface area contributed by atoms with Crippen molar-refractivity contribution in [2.75, 3.05) is 27.3 Å². The van der Waals surface area contributed by atoms with E-state index in [-0.39, 0.29) is 11.9 Å². The number of ether oxygens (including phenoxy) is 2. The highest BCUT2D eigenvalue weighted by molar-refractivity contribution is 7.07. The summed E-state index contributed by atoms with van der Waals surface area (Å²) in [6, 6.07) is 7.93. The van der Waals surface area contributed by atoms with Gasteiger partial charge in [-0.05, 0) is 34.9 Å². The maximum absolute atomic E-state index is 12.4. The summed E-state index contributed by atoms with van der Waals surface area (Å²) in [7, 11) is 3.29. The Bertz CT molecular complexity index is 688. The Labute approximate surface area is 146 Å². The Balaban J connectivity index is 1.64. The highest BCUT2D eigenvalue weighted by atomic mass is 32.1. The van der Waals surface area contributed by atoms with Gasteiger partial charge in [-0.3, -0.25) is 0 Å². The third-order valence-electron chi connectivity index (χ3n) is 4.37. The van der Waals surface area contributed by atoms with Gasteiger partial charge in [-0.25, -0.2) is 4.79 Å². The molecule has 0 aliphatic carbocycles. The van der Waals surface area contributed by atoms with Crippen LogP contribution in [0.3, 0.4) is 0 Å². The van der Waals surface area contributed by atoms with Crippen LogP contribution in [0.5, 0.6) is 11.5 Å². The standard InChI is InChI=1S/C18H22N2O3S/c1-22-16-5-3-4-15(17(16)23-2)14-6-8-20(11-14)18(21)19-10-13-7-9-24-12-13/h3-5,7,9,12,14H,6,8,10-11H2,1-2H3,(H,19,21)/t14-/m0/s1. The molecule has 1 N–H and O–H groups in total. The lowest BCUT2D eigenvalue weighted by Crippen LogP contribution is -2.37. The number of carbonyl (C=O) groups excluding carboxylic acids is 1. The number of para-hydroxylation sites is 1. The Kier molecular flexibility index (Phi) is 5.25. The van der Waals surface area contributed by atoms with E-state index in [1.807, 2.05) is 33.9 Å². The van der Waals surface area contributed by atoms with E-state index in [1.54, 1.807) is 25.6 Å². The summed E-state index contributed by atoms with van der Waals surface area (Å²) < 4.78 is 10.9. The number of thiophene rings is 1. The Morgan fingerprint density at radius 3 is 2.92 bits per heavy atom. The summed E-state index contributed by atoms with van der Waals surface area (Å²) in [5.41, 5.74) is 2.24. The Hall–Kier alpha value is -2.21. The van der Waals surface area contributed by atoms with Crippen LogP contribution in [-0.4, -0.2) is 38.2 Å². The lowest BCUT2D eigenvalue weighted by Gasteiger charge is -2.19. The Morgan fingerprint density at radius 1 is 1.33 bits per heavy atom. The summed E-state index contributed by atoms with van der Waals surface area (Å²) in [4.78, 5) is 14.2. The van der Waals surface area contributed by atoms with Gasteiger partial charge in [0.05, 0.1) is 14.2 Å². The van der Waals surface area contributed by atoms with Gasteiger partial charge in [-0.1, -0.05) is 12.1 Å². The van der Waals surface area contributed by atoms with E-state index < -0.39 is 0 Å². The number of rotatable bonds is 5. The molecule has 5 nitrogen and oxygen atoms in total. The monoisotopic (exact) mass is 346 g/mol. The predicted octanol–water partition coefficient (Wildman–Crippen LogP) is 3.46. The number of amides is 2. The summed E-state index contributed by atoms with van der Waals surface area (Å²) in [5.74, 6) is 1.77. The zero-order valence-electron chi connectivity index (χ0n) is 14.0. The molecule has 1 aliphatic heterocycles. The molecule has 0 bridgehead atoms. The third-order valence-corrected chi connectivity index (χ3v) is 5.10. The van der Waals surface area contributed by atoms with Gasteiger partial charge >= 0.3 is 6.03 Å². The highest BCUT2D eigenvalue weighted by Gasteiger charge is 2.29. The number of nitrogens with zero attached hydrogens (tertiary/aromatic N) is 1. The van der Waals surface area contributed by atoms with Crippen molar-refractivity contribution in [1.82, 2.24) is 10.2 Å². The van der Waals surface area contributed by atoms with Gasteiger partial charge in [0.2, 0.25) is 0 Å². The first kappa shape index (κ1) is 16.6. The molecule has 1 atom stereocenters. The minimum absolute atomic E-state index is 0.00874. The van der Waals surface area contributed by atoms with Crippen LogP contribution in [0.2, 0.25) is 0 Å². The van der Waals surface area contributed by atoms with E-state index in [0.717, 1.165) is 35.6 Å². The summed E-state index contributed by atoms with van der Waals surface area (Å²) >= 11 is 1.64. The molecule has 2 aromatic rings. The molecule has 1 aliphatic rings. The number of nitrogens with one attached hydrogen (secondary N) is 1. The van der Waals surface area contributed by atoms with Crippen molar-refractivity contribution < 1.29 is 14.3 Å². The number of hydrogen-bond acceptors (Lipinski definition) is 4. The SMILES string of the molecule is COc1cccc([C@H]2CCN(C(=O)NCc3ccsc3)C2)c1OC. The predicted molar refractivity (Wildman–Crippen MR) is 95.0 cm³/mol. The number of carbonyl (C=O) groups is 1. The average molecular weight is 346 g/mol. The largest absolute Gasteiger partial charge is 0.493 e.